The summed E-state index contributed by atoms with van der Waals surface area (Å²) in [6.45, 7) is 11.6. The van der Waals surface area contributed by atoms with E-state index in [0.29, 0.717) is 0 Å². The van der Waals surface area contributed by atoms with Crippen LogP contribution in [-0.4, -0.2) is 0 Å². The van der Waals surface area contributed by atoms with Gasteiger partial charge in [0.1, 0.15) is 0 Å². The SMILES string of the molecule is CC(C)(C)c1ccc(N(c2cc(-c3ccccc3)cc(-c3cc4c(cc3Nc3ccc(-c5ccccc5)cc3)C(C)(C)c3ccccc3-4)c2)c2csc3ccccc23)c(-c2ccccc2)c1. The van der Waals surface area contributed by atoms with Crippen LogP contribution in [0.25, 0.3) is 65.7 Å². The second-order valence-electron chi connectivity index (χ2n) is 19.1. The number of nitrogens with one attached hydrogen (secondary N) is 1. The summed E-state index contributed by atoms with van der Waals surface area (Å²) >= 11 is 1.80. The molecule has 11 rings (SSSR count). The molecule has 0 amide bonds. The van der Waals surface area contributed by atoms with Gasteiger partial charge >= 0.3 is 0 Å². The molecule has 320 valence electrons. The third-order valence-electron chi connectivity index (χ3n) is 13.5. The molecule has 0 bridgehead atoms. The van der Waals surface area contributed by atoms with E-state index in [0.717, 1.165) is 45.1 Å². The zero-order chi connectivity index (χ0) is 45.0. The minimum Gasteiger partial charge on any atom is -0.355 e. The van der Waals surface area contributed by atoms with E-state index < -0.39 is 0 Å². The van der Waals surface area contributed by atoms with Crippen LogP contribution in [-0.2, 0) is 10.8 Å². The van der Waals surface area contributed by atoms with Crippen molar-refractivity contribution in [3.8, 4) is 55.6 Å². The molecular weight excluding hydrogens is 817 g/mol. The maximum Gasteiger partial charge on any atom is 0.0647 e. The van der Waals surface area contributed by atoms with E-state index >= 15 is 0 Å². The summed E-state index contributed by atoms with van der Waals surface area (Å²) in [5, 5.41) is 7.54. The fraction of sp³-hybridized carbons (Fsp3) is 0.111. The van der Waals surface area contributed by atoms with Gasteiger partial charge in [0.05, 0.1) is 11.4 Å². The van der Waals surface area contributed by atoms with E-state index in [-0.39, 0.29) is 10.8 Å². The van der Waals surface area contributed by atoms with E-state index in [9.17, 15) is 0 Å². The van der Waals surface area contributed by atoms with Gasteiger partial charge in [-0.3, -0.25) is 0 Å². The highest BCUT2D eigenvalue weighted by molar-refractivity contribution is 7.17. The summed E-state index contributed by atoms with van der Waals surface area (Å²) < 4.78 is 1.26. The summed E-state index contributed by atoms with van der Waals surface area (Å²) in [7, 11) is 0. The monoisotopic (exact) mass is 868 g/mol. The molecule has 0 aliphatic heterocycles. The Balaban J connectivity index is 1.17. The maximum atomic E-state index is 3.97. The number of hydrogen-bond acceptors (Lipinski definition) is 3. The second kappa shape index (κ2) is 16.5. The fourth-order valence-electron chi connectivity index (χ4n) is 9.91. The Labute approximate surface area is 393 Å². The first-order valence-electron chi connectivity index (χ1n) is 23.0. The van der Waals surface area contributed by atoms with Gasteiger partial charge in [0.25, 0.3) is 0 Å². The van der Waals surface area contributed by atoms with Crippen LogP contribution in [0.4, 0.5) is 28.4 Å². The maximum absolute atomic E-state index is 3.97. The predicted octanol–water partition coefficient (Wildman–Crippen LogP) is 18.4. The van der Waals surface area contributed by atoms with E-state index in [1.807, 2.05) is 0 Å². The lowest BCUT2D eigenvalue weighted by molar-refractivity contribution is 0.590. The minimum absolute atomic E-state index is 0.0333. The topological polar surface area (TPSA) is 15.3 Å². The summed E-state index contributed by atoms with van der Waals surface area (Å²) in [6.07, 6.45) is 0. The average molecular weight is 869 g/mol. The van der Waals surface area contributed by atoms with Gasteiger partial charge in [-0.1, -0.05) is 186 Å². The van der Waals surface area contributed by atoms with E-state index in [1.54, 1.807) is 11.3 Å². The van der Waals surface area contributed by atoms with Crippen LogP contribution in [0.1, 0.15) is 51.3 Å². The number of fused-ring (bicyclic) bond motifs is 4. The smallest absolute Gasteiger partial charge is 0.0647 e. The molecule has 9 aromatic carbocycles. The molecule has 1 aliphatic carbocycles. The number of benzene rings is 9. The zero-order valence-electron chi connectivity index (χ0n) is 38.1. The molecule has 1 heterocycles. The van der Waals surface area contributed by atoms with Crippen molar-refractivity contribution >= 4 is 49.9 Å². The average Bonchev–Trinajstić information content (AvgIpc) is 3.87. The van der Waals surface area contributed by atoms with Crippen molar-refractivity contribution in [1.82, 2.24) is 0 Å². The molecule has 0 atom stereocenters. The van der Waals surface area contributed by atoms with Crippen molar-refractivity contribution in [2.24, 2.45) is 0 Å². The van der Waals surface area contributed by atoms with Crippen LogP contribution < -0.4 is 10.2 Å². The lowest BCUT2D eigenvalue weighted by atomic mass is 9.81. The number of nitrogens with zero attached hydrogens (tertiary/aromatic N) is 1. The van der Waals surface area contributed by atoms with Gasteiger partial charge in [0, 0.05) is 49.1 Å². The summed E-state index contributed by atoms with van der Waals surface area (Å²) in [4.78, 5) is 2.52. The third-order valence-corrected chi connectivity index (χ3v) is 14.4. The Morgan fingerprint density at radius 2 is 1.05 bits per heavy atom. The van der Waals surface area contributed by atoms with Crippen molar-refractivity contribution in [2.75, 3.05) is 10.2 Å². The third kappa shape index (κ3) is 7.50. The molecule has 10 aromatic rings. The quantitative estimate of drug-likeness (QED) is 0.155. The Bertz CT molecular complexity index is 3380. The second-order valence-corrected chi connectivity index (χ2v) is 20.0. The van der Waals surface area contributed by atoms with Gasteiger partial charge in [-0.15, -0.1) is 11.3 Å². The number of rotatable bonds is 9. The Kier molecular flexibility index (Phi) is 10.3. The van der Waals surface area contributed by atoms with Gasteiger partial charge in [-0.05, 0) is 127 Å². The lowest BCUT2D eigenvalue weighted by Gasteiger charge is -2.30. The highest BCUT2D eigenvalue weighted by Crippen LogP contribution is 2.53. The van der Waals surface area contributed by atoms with Crippen LogP contribution in [0.2, 0.25) is 0 Å². The van der Waals surface area contributed by atoms with Crippen molar-refractivity contribution in [1.29, 1.82) is 0 Å². The van der Waals surface area contributed by atoms with Crippen LogP contribution >= 0.6 is 11.3 Å². The Morgan fingerprint density at radius 3 is 1.76 bits per heavy atom. The molecule has 0 saturated heterocycles. The fourth-order valence-corrected chi connectivity index (χ4v) is 10.8. The zero-order valence-corrected chi connectivity index (χ0v) is 39.0. The van der Waals surface area contributed by atoms with Crippen LogP contribution in [0, 0.1) is 0 Å². The molecule has 1 N–H and O–H groups in total. The largest absolute Gasteiger partial charge is 0.355 e. The molecule has 0 spiro atoms. The van der Waals surface area contributed by atoms with E-state index in [1.165, 1.54) is 65.7 Å². The van der Waals surface area contributed by atoms with Gasteiger partial charge in [-0.25, -0.2) is 0 Å². The van der Waals surface area contributed by atoms with Crippen LogP contribution in [0.5, 0.6) is 0 Å². The highest BCUT2D eigenvalue weighted by atomic mass is 32.1. The van der Waals surface area contributed by atoms with Gasteiger partial charge in [-0.2, -0.15) is 0 Å². The van der Waals surface area contributed by atoms with Crippen molar-refractivity contribution in [3.63, 3.8) is 0 Å². The number of hydrogen-bond donors (Lipinski definition) is 1. The first-order valence-corrected chi connectivity index (χ1v) is 23.9. The molecule has 0 radical (unpaired) electrons. The first-order chi connectivity index (χ1) is 32.1. The van der Waals surface area contributed by atoms with E-state index in [4.69, 9.17) is 0 Å². The van der Waals surface area contributed by atoms with E-state index in [2.05, 4.69) is 263 Å². The van der Waals surface area contributed by atoms with Gasteiger partial charge in [0.15, 0.2) is 0 Å². The number of anilines is 5. The summed E-state index contributed by atoms with van der Waals surface area (Å²) in [5.74, 6) is 0. The van der Waals surface area contributed by atoms with Gasteiger partial charge < -0.3 is 10.2 Å². The van der Waals surface area contributed by atoms with Crippen molar-refractivity contribution < 1.29 is 0 Å². The molecule has 3 heteroatoms. The molecule has 66 heavy (non-hydrogen) atoms. The normalized spacial score (nSPS) is 12.7. The minimum atomic E-state index is -0.168. The highest BCUT2D eigenvalue weighted by Gasteiger charge is 2.36. The molecule has 1 aromatic heterocycles. The first kappa shape index (κ1) is 41.3. The standard InChI is InChI=1S/C63H52N2S/c1-62(2,3)48-31-34-59(54(38-48)45-23-13-8-14-24-45)65(60-41-66-61-28-18-16-26-52(60)61)50-36-46(43-21-11-7-12-22-43)35-47(37-50)53-39-55-51-25-15-17-27-56(51)63(4,5)57(55)40-58(53)64-49-32-29-44(30-33-49)42-19-9-6-10-20-42/h6-41,64H,1-5H3. The Hall–Kier alpha value is -7.46. The summed E-state index contributed by atoms with van der Waals surface area (Å²) in [6, 6.07) is 78.2. The predicted molar refractivity (Wildman–Crippen MR) is 284 cm³/mol. The molecule has 0 unspecified atom stereocenters. The molecule has 0 saturated carbocycles. The van der Waals surface area contributed by atoms with Gasteiger partial charge in [0.2, 0.25) is 0 Å². The van der Waals surface area contributed by atoms with Crippen LogP contribution in [0.3, 0.4) is 0 Å². The lowest BCUT2D eigenvalue weighted by Crippen LogP contribution is -2.15. The van der Waals surface area contributed by atoms with Crippen LogP contribution in [0.15, 0.2) is 218 Å². The van der Waals surface area contributed by atoms with Crippen molar-refractivity contribution in [2.45, 2.75) is 45.4 Å². The molecule has 1 aliphatic rings. The number of thiophene rings is 1. The molecular formula is C63H52N2S. The summed E-state index contributed by atoms with van der Waals surface area (Å²) in [5.41, 5.74) is 21.3. The van der Waals surface area contributed by atoms with Crippen molar-refractivity contribution in [3.05, 3.63) is 234 Å². The Morgan fingerprint density at radius 1 is 0.439 bits per heavy atom. The molecule has 2 nitrogen and oxygen atoms in total. The molecule has 0 fully saturated rings.